The first-order chi connectivity index (χ1) is 4.09. The molecular formula is C5H10O4. The van der Waals surface area contributed by atoms with E-state index in [1.54, 1.807) is 0 Å². The van der Waals surface area contributed by atoms with Gasteiger partial charge in [-0.05, 0) is 6.92 Å². The molecule has 1 unspecified atom stereocenters. The van der Waals surface area contributed by atoms with Crippen molar-refractivity contribution in [2.24, 2.45) is 5.92 Å². The number of carbonyl (C=O) groups is 1. The minimum Gasteiger partial charge on any atom is -0.481 e. The summed E-state index contributed by atoms with van der Waals surface area (Å²) in [5.41, 5.74) is 0. The van der Waals surface area contributed by atoms with Gasteiger partial charge in [-0.25, -0.2) is 0 Å². The van der Waals surface area contributed by atoms with Crippen molar-refractivity contribution in [1.29, 1.82) is 0 Å². The minimum atomic E-state index is -1.21. The fraction of sp³-hybridized carbons (Fsp3) is 0.800. The Hall–Kier alpha value is -0.610. The Balaban J connectivity index is 3.72. The molecule has 4 heteroatoms. The zero-order chi connectivity index (χ0) is 7.44. The first-order valence-electron chi connectivity index (χ1n) is 2.53. The molecule has 0 bridgehead atoms. The lowest BCUT2D eigenvalue weighted by molar-refractivity contribution is -0.161. The van der Waals surface area contributed by atoms with Gasteiger partial charge in [0.2, 0.25) is 0 Å². The summed E-state index contributed by atoms with van der Waals surface area (Å²) in [5.74, 6) is -1.93. The summed E-state index contributed by atoms with van der Waals surface area (Å²) in [4.78, 5) is 10.1. The van der Waals surface area contributed by atoms with Crippen molar-refractivity contribution in [3.8, 4) is 0 Å². The molecule has 54 valence electrons. The topological polar surface area (TPSA) is 66.8 Å². The second-order valence-corrected chi connectivity index (χ2v) is 1.75. The lowest BCUT2D eigenvalue weighted by Gasteiger charge is -2.11. The van der Waals surface area contributed by atoms with E-state index in [1.165, 1.54) is 14.0 Å². The highest BCUT2D eigenvalue weighted by atomic mass is 16.6. The first-order valence-corrected chi connectivity index (χ1v) is 2.53. The Kier molecular flexibility index (Phi) is 3.19. The van der Waals surface area contributed by atoms with Gasteiger partial charge < -0.3 is 14.9 Å². The van der Waals surface area contributed by atoms with Crippen LogP contribution in [0.25, 0.3) is 0 Å². The number of carboxylic acids is 1. The van der Waals surface area contributed by atoms with Gasteiger partial charge in [0.05, 0.1) is 0 Å². The van der Waals surface area contributed by atoms with Crippen molar-refractivity contribution in [1.82, 2.24) is 0 Å². The zero-order valence-electron chi connectivity index (χ0n) is 5.37. The SMILES string of the molecule is CO[C@H](O)C(C)C(=O)O. The standard InChI is InChI=1S/C5H10O4/c1-3(4(6)7)5(8)9-2/h3,5,8H,1-2H3,(H,6,7)/t3?,5-/m0/s1. The smallest absolute Gasteiger partial charge is 0.311 e. The van der Waals surface area contributed by atoms with Crippen LogP contribution >= 0.6 is 0 Å². The maximum atomic E-state index is 10.1. The van der Waals surface area contributed by atoms with E-state index in [0.29, 0.717) is 0 Å². The molecule has 0 aliphatic rings. The van der Waals surface area contributed by atoms with Crippen LogP contribution in [0.2, 0.25) is 0 Å². The van der Waals surface area contributed by atoms with Gasteiger partial charge in [-0.2, -0.15) is 0 Å². The highest BCUT2D eigenvalue weighted by Crippen LogP contribution is 2.01. The molecule has 0 aliphatic heterocycles. The van der Waals surface area contributed by atoms with E-state index in [0.717, 1.165) is 0 Å². The molecule has 2 atom stereocenters. The van der Waals surface area contributed by atoms with Crippen molar-refractivity contribution in [2.75, 3.05) is 7.11 Å². The van der Waals surface area contributed by atoms with Crippen LogP contribution in [0.1, 0.15) is 6.92 Å². The van der Waals surface area contributed by atoms with Crippen molar-refractivity contribution in [3.05, 3.63) is 0 Å². The van der Waals surface area contributed by atoms with Crippen LogP contribution in [0.3, 0.4) is 0 Å². The number of rotatable bonds is 3. The Bertz CT molecular complexity index is 101. The van der Waals surface area contributed by atoms with Gasteiger partial charge in [0, 0.05) is 7.11 Å². The third-order valence-corrected chi connectivity index (χ3v) is 1.06. The van der Waals surface area contributed by atoms with Crippen LogP contribution in [0.5, 0.6) is 0 Å². The van der Waals surface area contributed by atoms with Crippen LogP contribution in [0.4, 0.5) is 0 Å². The molecule has 0 aromatic carbocycles. The van der Waals surface area contributed by atoms with Crippen LogP contribution in [-0.2, 0) is 9.53 Å². The van der Waals surface area contributed by atoms with Gasteiger partial charge in [-0.3, -0.25) is 4.79 Å². The molecule has 2 N–H and O–H groups in total. The normalized spacial score (nSPS) is 16.8. The molecular weight excluding hydrogens is 124 g/mol. The minimum absolute atomic E-state index is 0.866. The second kappa shape index (κ2) is 3.42. The maximum absolute atomic E-state index is 10.1. The monoisotopic (exact) mass is 134 g/mol. The predicted octanol–water partition coefficient (Wildman–Crippen LogP) is -0.328. The molecule has 0 amide bonds. The summed E-state index contributed by atoms with van der Waals surface area (Å²) in [6.45, 7) is 1.37. The molecule has 0 spiro atoms. The van der Waals surface area contributed by atoms with Gasteiger partial charge in [-0.1, -0.05) is 0 Å². The lowest BCUT2D eigenvalue weighted by Crippen LogP contribution is -2.26. The number of hydrogen-bond acceptors (Lipinski definition) is 3. The van der Waals surface area contributed by atoms with Crippen LogP contribution in [0.15, 0.2) is 0 Å². The summed E-state index contributed by atoms with van der Waals surface area (Å²) in [6.07, 6.45) is -1.21. The number of carboxylic acid groups (broad SMARTS) is 1. The molecule has 0 rings (SSSR count). The molecule has 0 radical (unpaired) electrons. The molecule has 9 heavy (non-hydrogen) atoms. The van der Waals surface area contributed by atoms with E-state index < -0.39 is 18.2 Å². The highest BCUT2D eigenvalue weighted by molar-refractivity contribution is 5.69. The molecule has 4 nitrogen and oxygen atoms in total. The van der Waals surface area contributed by atoms with E-state index in [9.17, 15) is 4.79 Å². The van der Waals surface area contributed by atoms with Crippen molar-refractivity contribution in [2.45, 2.75) is 13.2 Å². The third kappa shape index (κ3) is 2.43. The largest absolute Gasteiger partial charge is 0.481 e. The predicted molar refractivity (Wildman–Crippen MR) is 29.8 cm³/mol. The summed E-state index contributed by atoms with van der Waals surface area (Å²) < 4.78 is 4.35. The van der Waals surface area contributed by atoms with Gasteiger partial charge in [0.15, 0.2) is 6.29 Å². The molecule has 0 saturated carbocycles. The van der Waals surface area contributed by atoms with Crippen molar-refractivity contribution >= 4 is 5.97 Å². The van der Waals surface area contributed by atoms with Gasteiger partial charge >= 0.3 is 5.97 Å². The van der Waals surface area contributed by atoms with E-state index in [-0.39, 0.29) is 0 Å². The quantitative estimate of drug-likeness (QED) is 0.519. The van der Waals surface area contributed by atoms with Gasteiger partial charge in [0.1, 0.15) is 5.92 Å². The summed E-state index contributed by atoms with van der Waals surface area (Å²) in [7, 11) is 1.25. The second-order valence-electron chi connectivity index (χ2n) is 1.75. The summed E-state index contributed by atoms with van der Waals surface area (Å²) >= 11 is 0. The Morgan fingerprint density at radius 3 is 2.22 bits per heavy atom. The molecule has 0 aromatic rings. The fourth-order valence-electron chi connectivity index (χ4n) is 0.326. The molecule has 0 aromatic heterocycles. The molecule has 0 fully saturated rings. The fourth-order valence-corrected chi connectivity index (χ4v) is 0.326. The average Bonchev–Trinajstić information content (AvgIpc) is 1.84. The number of aliphatic hydroxyl groups is 1. The highest BCUT2D eigenvalue weighted by Gasteiger charge is 2.19. The zero-order valence-corrected chi connectivity index (χ0v) is 5.37. The van der Waals surface area contributed by atoms with Gasteiger partial charge in [-0.15, -0.1) is 0 Å². The number of methoxy groups -OCH3 is 1. The molecule has 0 heterocycles. The molecule has 0 saturated heterocycles. The number of hydrogen-bond donors (Lipinski definition) is 2. The average molecular weight is 134 g/mol. The van der Waals surface area contributed by atoms with Gasteiger partial charge in [0.25, 0.3) is 0 Å². The van der Waals surface area contributed by atoms with Crippen molar-refractivity contribution < 1.29 is 19.7 Å². The number of aliphatic carboxylic acids is 1. The van der Waals surface area contributed by atoms with E-state index in [4.69, 9.17) is 10.2 Å². The van der Waals surface area contributed by atoms with Crippen LogP contribution in [0, 0.1) is 5.92 Å². The molecule has 0 aliphatic carbocycles. The van der Waals surface area contributed by atoms with Crippen LogP contribution < -0.4 is 0 Å². The Morgan fingerprint density at radius 1 is 1.67 bits per heavy atom. The van der Waals surface area contributed by atoms with Crippen molar-refractivity contribution in [3.63, 3.8) is 0 Å². The van der Waals surface area contributed by atoms with E-state index in [2.05, 4.69) is 4.74 Å². The number of aliphatic hydroxyl groups excluding tert-OH is 1. The van der Waals surface area contributed by atoms with E-state index >= 15 is 0 Å². The van der Waals surface area contributed by atoms with Crippen LogP contribution in [-0.4, -0.2) is 29.6 Å². The first kappa shape index (κ1) is 8.39. The number of ether oxygens (including phenoxy) is 1. The van der Waals surface area contributed by atoms with E-state index in [1.807, 2.05) is 0 Å². The summed E-state index contributed by atoms with van der Waals surface area (Å²) in [5, 5.41) is 16.9. The lowest BCUT2D eigenvalue weighted by atomic mass is 10.2. The third-order valence-electron chi connectivity index (χ3n) is 1.06. The Morgan fingerprint density at radius 2 is 2.11 bits per heavy atom. The summed E-state index contributed by atoms with van der Waals surface area (Å²) in [6, 6.07) is 0. The maximum Gasteiger partial charge on any atom is 0.311 e. The Labute approximate surface area is 53.1 Å².